The van der Waals surface area contributed by atoms with Crippen molar-refractivity contribution in [2.75, 3.05) is 0 Å². The second-order valence-electron chi connectivity index (χ2n) is 6.32. The Balaban J connectivity index is 1.47. The van der Waals surface area contributed by atoms with Crippen LogP contribution >= 0.6 is 11.3 Å². The molecule has 1 saturated carbocycles. The van der Waals surface area contributed by atoms with E-state index in [4.69, 9.17) is 5.10 Å². The first-order chi connectivity index (χ1) is 11.6. The molecule has 0 spiro atoms. The number of hydrogen-bond donors (Lipinski definition) is 0. The van der Waals surface area contributed by atoms with Gasteiger partial charge < -0.3 is 0 Å². The Morgan fingerprint density at radius 3 is 2.79 bits per heavy atom. The maximum absolute atomic E-state index is 4.72. The summed E-state index contributed by atoms with van der Waals surface area (Å²) in [5, 5.41) is 22.7. The lowest BCUT2D eigenvalue weighted by atomic mass is 10.1. The van der Waals surface area contributed by atoms with Gasteiger partial charge in [-0.2, -0.15) is 19.8 Å². The highest BCUT2D eigenvalue weighted by molar-refractivity contribution is 7.19. The van der Waals surface area contributed by atoms with Crippen LogP contribution in [-0.2, 0) is 14.1 Å². The first kappa shape index (κ1) is 13.8. The highest BCUT2D eigenvalue weighted by Gasteiger charge is 2.42. The molecule has 0 unspecified atom stereocenters. The second-order valence-corrected chi connectivity index (χ2v) is 7.28. The number of hydrogen-bond acceptors (Lipinski definition) is 6. The lowest BCUT2D eigenvalue weighted by Gasteiger charge is -1.94. The van der Waals surface area contributed by atoms with Crippen molar-refractivity contribution in [1.82, 2.24) is 39.4 Å². The molecule has 1 aliphatic carbocycles. The Hall–Kier alpha value is -2.55. The molecule has 122 valence electrons. The van der Waals surface area contributed by atoms with Crippen LogP contribution in [0.15, 0.2) is 18.5 Å². The Morgan fingerprint density at radius 1 is 1.17 bits per heavy atom. The van der Waals surface area contributed by atoms with Crippen LogP contribution in [0.25, 0.3) is 15.7 Å². The summed E-state index contributed by atoms with van der Waals surface area (Å²) in [5.41, 5.74) is 3.45. The summed E-state index contributed by atoms with van der Waals surface area (Å²) in [4.78, 5) is 0.810. The number of aryl methyl sites for hydroxylation is 3. The second kappa shape index (κ2) is 4.73. The van der Waals surface area contributed by atoms with Crippen LogP contribution in [0.2, 0.25) is 0 Å². The predicted molar refractivity (Wildman–Crippen MR) is 88.9 cm³/mol. The predicted octanol–water partition coefficient (Wildman–Crippen LogP) is 1.90. The normalized spacial score (nSPS) is 20.1. The van der Waals surface area contributed by atoms with E-state index in [0.29, 0.717) is 11.8 Å². The average Bonchev–Trinajstić information content (AvgIpc) is 2.88. The van der Waals surface area contributed by atoms with E-state index < -0.39 is 0 Å². The molecule has 2 atom stereocenters. The van der Waals surface area contributed by atoms with E-state index >= 15 is 0 Å². The van der Waals surface area contributed by atoms with Crippen molar-refractivity contribution in [3.05, 3.63) is 35.5 Å². The molecule has 5 rings (SSSR count). The number of rotatable bonds is 3. The molecule has 24 heavy (non-hydrogen) atoms. The lowest BCUT2D eigenvalue weighted by Crippen LogP contribution is -1.95. The first-order valence-electron chi connectivity index (χ1n) is 7.82. The molecule has 0 radical (unpaired) electrons. The van der Waals surface area contributed by atoms with Gasteiger partial charge in [-0.3, -0.25) is 9.36 Å². The monoisotopic (exact) mass is 340 g/mol. The van der Waals surface area contributed by atoms with Crippen molar-refractivity contribution in [3.8, 4) is 10.7 Å². The van der Waals surface area contributed by atoms with Crippen LogP contribution in [0.5, 0.6) is 0 Å². The van der Waals surface area contributed by atoms with Crippen LogP contribution < -0.4 is 0 Å². The van der Waals surface area contributed by atoms with Crippen LogP contribution in [0, 0.1) is 6.92 Å². The summed E-state index contributed by atoms with van der Waals surface area (Å²) < 4.78 is 5.55. The van der Waals surface area contributed by atoms with Crippen molar-refractivity contribution in [2.45, 2.75) is 25.2 Å². The molecular weight excluding hydrogens is 324 g/mol. The maximum atomic E-state index is 4.72. The molecule has 4 aromatic heterocycles. The average molecular weight is 340 g/mol. The minimum Gasteiger partial charge on any atom is -0.276 e. The minimum atomic E-state index is 0.474. The Labute approximate surface area is 141 Å². The molecule has 4 heterocycles. The fraction of sp³-hybridized carbons (Fsp3) is 0.400. The molecule has 0 N–H and O–H groups in total. The van der Waals surface area contributed by atoms with E-state index in [9.17, 15) is 0 Å². The summed E-state index contributed by atoms with van der Waals surface area (Å²) >= 11 is 1.54. The fourth-order valence-electron chi connectivity index (χ4n) is 3.21. The molecule has 1 aliphatic rings. The van der Waals surface area contributed by atoms with E-state index in [1.54, 1.807) is 4.52 Å². The van der Waals surface area contributed by atoms with Crippen LogP contribution in [0.4, 0.5) is 0 Å². The zero-order chi connectivity index (χ0) is 16.4. The van der Waals surface area contributed by atoms with Crippen LogP contribution in [-0.4, -0.2) is 39.4 Å². The molecule has 4 aromatic rings. The summed E-state index contributed by atoms with van der Waals surface area (Å²) in [6.45, 7) is 1.90. The topological polar surface area (TPSA) is 78.7 Å². The smallest absolute Gasteiger partial charge is 0.235 e. The van der Waals surface area contributed by atoms with Crippen molar-refractivity contribution in [3.63, 3.8) is 0 Å². The summed E-state index contributed by atoms with van der Waals surface area (Å²) in [6.07, 6.45) is 5.19. The van der Waals surface area contributed by atoms with Crippen LogP contribution in [0.3, 0.4) is 0 Å². The van der Waals surface area contributed by atoms with E-state index in [2.05, 4.69) is 32.7 Å². The third kappa shape index (κ3) is 2.01. The first-order valence-corrected chi connectivity index (χ1v) is 8.63. The largest absolute Gasteiger partial charge is 0.276 e. The number of nitrogens with zero attached hydrogens (tertiary/aromatic N) is 8. The highest BCUT2D eigenvalue weighted by atomic mass is 32.1. The third-order valence-corrected chi connectivity index (χ3v) is 5.51. The molecular formula is C15H16N8S. The molecule has 9 heteroatoms. The SMILES string of the molecule is Cc1nnc2sc(-c3cc([C@H]4C[C@@H]4c4cnn(C)c4)nn3C)nn12. The summed E-state index contributed by atoms with van der Waals surface area (Å²) in [5.74, 6) is 1.80. The number of fused-ring (bicyclic) bond motifs is 1. The van der Waals surface area contributed by atoms with Crippen molar-refractivity contribution < 1.29 is 0 Å². The van der Waals surface area contributed by atoms with E-state index in [0.717, 1.165) is 33.6 Å². The van der Waals surface area contributed by atoms with Crippen molar-refractivity contribution in [1.29, 1.82) is 0 Å². The van der Waals surface area contributed by atoms with Gasteiger partial charge in [-0.25, -0.2) is 0 Å². The van der Waals surface area contributed by atoms with Crippen molar-refractivity contribution >= 4 is 16.3 Å². The third-order valence-electron chi connectivity index (χ3n) is 4.59. The summed E-state index contributed by atoms with van der Waals surface area (Å²) in [7, 11) is 3.92. The van der Waals surface area contributed by atoms with Gasteiger partial charge in [0, 0.05) is 26.2 Å². The van der Waals surface area contributed by atoms with Crippen molar-refractivity contribution in [2.24, 2.45) is 14.1 Å². The van der Waals surface area contributed by atoms with Gasteiger partial charge >= 0.3 is 0 Å². The van der Waals surface area contributed by atoms with Gasteiger partial charge in [-0.1, -0.05) is 11.3 Å². The Morgan fingerprint density at radius 2 is 2.04 bits per heavy atom. The van der Waals surface area contributed by atoms with E-state index in [-0.39, 0.29) is 0 Å². The van der Waals surface area contributed by atoms with Gasteiger partial charge in [0.1, 0.15) is 0 Å². The molecule has 1 fully saturated rings. The zero-order valence-electron chi connectivity index (χ0n) is 13.6. The van der Waals surface area contributed by atoms with Gasteiger partial charge in [-0.05, 0) is 30.9 Å². The Kier molecular flexibility index (Phi) is 2.73. The van der Waals surface area contributed by atoms with Gasteiger partial charge in [0.05, 0.1) is 17.6 Å². The van der Waals surface area contributed by atoms with Gasteiger partial charge in [0.2, 0.25) is 4.96 Å². The standard InChI is InChI=1S/C15H16N8S/c1-8-17-18-15-23(8)20-14(24-15)13-5-12(19-22(13)3)11-4-10(11)9-6-16-21(2)7-9/h5-7,10-11H,4H2,1-3H3/t10-,11+/m1/s1. The number of aromatic nitrogens is 8. The van der Waals surface area contributed by atoms with E-state index in [1.807, 2.05) is 36.6 Å². The van der Waals surface area contributed by atoms with Gasteiger partial charge in [0.15, 0.2) is 10.8 Å². The molecule has 8 nitrogen and oxygen atoms in total. The molecule has 0 aliphatic heterocycles. The maximum Gasteiger partial charge on any atom is 0.235 e. The molecule has 0 bridgehead atoms. The van der Waals surface area contributed by atoms with Gasteiger partial charge in [-0.15, -0.1) is 10.2 Å². The zero-order valence-corrected chi connectivity index (χ0v) is 14.4. The highest BCUT2D eigenvalue weighted by Crippen LogP contribution is 2.54. The fourth-order valence-corrected chi connectivity index (χ4v) is 4.14. The quantitative estimate of drug-likeness (QED) is 0.569. The molecule has 0 amide bonds. The Bertz CT molecular complexity index is 1050. The molecule has 0 saturated heterocycles. The summed E-state index contributed by atoms with van der Waals surface area (Å²) in [6, 6.07) is 2.15. The lowest BCUT2D eigenvalue weighted by molar-refractivity contribution is 0.744. The molecule has 0 aromatic carbocycles. The van der Waals surface area contributed by atoms with Crippen LogP contribution in [0.1, 0.15) is 35.3 Å². The van der Waals surface area contributed by atoms with Gasteiger partial charge in [0.25, 0.3) is 0 Å². The van der Waals surface area contributed by atoms with E-state index in [1.165, 1.54) is 16.9 Å². The minimum absolute atomic E-state index is 0.474.